The number of benzene rings is 2. The lowest BCUT2D eigenvalue weighted by Crippen LogP contribution is -2.00. The fourth-order valence-corrected chi connectivity index (χ4v) is 2.75. The zero-order chi connectivity index (χ0) is 14.1. The first kappa shape index (κ1) is 13.4. The molecule has 2 aromatic rings. The van der Waals surface area contributed by atoms with Crippen LogP contribution in [-0.2, 0) is 13.0 Å². The number of halogens is 2. The Hall–Kier alpha value is -1.58. The molecule has 3 rings (SSSR count). The van der Waals surface area contributed by atoms with Crippen molar-refractivity contribution < 1.29 is 14.2 Å². The molecule has 0 aliphatic heterocycles. The average Bonchev–Trinajstić information content (AvgIpc) is 2.80. The van der Waals surface area contributed by atoms with Gasteiger partial charge in [-0.2, -0.15) is 0 Å². The van der Waals surface area contributed by atoms with E-state index >= 15 is 0 Å². The number of ether oxygens (including phenoxy) is 1. The number of fused-ring (bicyclic) bond motifs is 1. The van der Waals surface area contributed by atoms with Crippen LogP contribution in [0.1, 0.15) is 29.2 Å². The molecule has 104 valence electrons. The minimum absolute atomic E-state index is 0.283. The fourth-order valence-electron chi connectivity index (χ4n) is 2.53. The molecule has 0 saturated heterocycles. The van der Waals surface area contributed by atoms with E-state index in [1.807, 2.05) is 18.2 Å². The van der Waals surface area contributed by atoms with Gasteiger partial charge in [-0.25, -0.2) is 4.39 Å². The van der Waals surface area contributed by atoms with Gasteiger partial charge < -0.3 is 9.84 Å². The Bertz CT molecular complexity index is 642. The van der Waals surface area contributed by atoms with Crippen LogP contribution in [0.25, 0.3) is 0 Å². The minimum Gasteiger partial charge on any atom is -0.489 e. The van der Waals surface area contributed by atoms with Gasteiger partial charge in [-0.05, 0) is 36.6 Å². The van der Waals surface area contributed by atoms with Crippen molar-refractivity contribution >= 4 is 11.6 Å². The first-order valence-electron chi connectivity index (χ1n) is 6.52. The molecule has 1 aliphatic rings. The SMILES string of the molecule is OC1CCc2c(OCc3ccc(F)cc3Cl)cccc21. The van der Waals surface area contributed by atoms with Crippen molar-refractivity contribution in [1.82, 2.24) is 0 Å². The van der Waals surface area contributed by atoms with E-state index in [9.17, 15) is 9.50 Å². The fraction of sp³-hybridized carbons (Fsp3) is 0.250. The third-order valence-corrected chi connectivity index (χ3v) is 3.95. The Morgan fingerprint density at radius 2 is 2.15 bits per heavy atom. The highest BCUT2D eigenvalue weighted by molar-refractivity contribution is 6.31. The molecule has 4 heteroatoms. The molecule has 2 aromatic carbocycles. The van der Waals surface area contributed by atoms with Gasteiger partial charge in [0.15, 0.2) is 0 Å². The van der Waals surface area contributed by atoms with Crippen molar-refractivity contribution in [2.45, 2.75) is 25.6 Å². The second-order valence-electron chi connectivity index (χ2n) is 4.90. The van der Waals surface area contributed by atoms with Gasteiger partial charge in [-0.1, -0.05) is 29.8 Å². The summed E-state index contributed by atoms with van der Waals surface area (Å²) in [5, 5.41) is 10.2. The van der Waals surface area contributed by atoms with Crippen LogP contribution in [0.2, 0.25) is 5.02 Å². The van der Waals surface area contributed by atoms with Crippen LogP contribution in [0, 0.1) is 5.82 Å². The van der Waals surface area contributed by atoms with E-state index < -0.39 is 6.10 Å². The molecular weight excluding hydrogens is 279 g/mol. The zero-order valence-electron chi connectivity index (χ0n) is 10.8. The Morgan fingerprint density at radius 1 is 1.30 bits per heavy atom. The van der Waals surface area contributed by atoms with Crippen molar-refractivity contribution in [3.8, 4) is 5.75 Å². The summed E-state index contributed by atoms with van der Waals surface area (Å²) in [7, 11) is 0. The lowest BCUT2D eigenvalue weighted by atomic mass is 10.1. The third kappa shape index (κ3) is 2.51. The van der Waals surface area contributed by atoms with Gasteiger partial charge in [0.2, 0.25) is 0 Å². The van der Waals surface area contributed by atoms with Gasteiger partial charge in [0, 0.05) is 11.1 Å². The van der Waals surface area contributed by atoms with E-state index in [-0.39, 0.29) is 12.4 Å². The van der Waals surface area contributed by atoms with Crippen molar-refractivity contribution in [1.29, 1.82) is 0 Å². The maximum atomic E-state index is 13.0. The maximum Gasteiger partial charge on any atom is 0.124 e. The molecule has 1 aliphatic carbocycles. The molecule has 0 radical (unpaired) electrons. The number of aliphatic hydroxyl groups is 1. The molecule has 0 amide bonds. The Balaban J connectivity index is 1.79. The Morgan fingerprint density at radius 3 is 2.95 bits per heavy atom. The lowest BCUT2D eigenvalue weighted by molar-refractivity contribution is 0.180. The molecule has 0 fully saturated rings. The van der Waals surface area contributed by atoms with Gasteiger partial charge in [0.25, 0.3) is 0 Å². The number of hydrogen-bond acceptors (Lipinski definition) is 2. The molecule has 1 unspecified atom stereocenters. The van der Waals surface area contributed by atoms with Crippen LogP contribution in [-0.4, -0.2) is 5.11 Å². The predicted octanol–water partition coefficient (Wildman–Crippen LogP) is 4.04. The summed E-state index contributed by atoms with van der Waals surface area (Å²) in [4.78, 5) is 0. The van der Waals surface area contributed by atoms with E-state index in [2.05, 4.69) is 0 Å². The van der Waals surface area contributed by atoms with Crippen molar-refractivity contribution in [2.75, 3.05) is 0 Å². The van der Waals surface area contributed by atoms with Crippen LogP contribution in [0.4, 0.5) is 4.39 Å². The van der Waals surface area contributed by atoms with Gasteiger partial charge in [0.1, 0.15) is 18.2 Å². The highest BCUT2D eigenvalue weighted by Gasteiger charge is 2.23. The largest absolute Gasteiger partial charge is 0.489 e. The normalized spacial score (nSPS) is 17.1. The molecule has 0 aromatic heterocycles. The summed E-state index contributed by atoms with van der Waals surface area (Å²) in [6.45, 7) is 0.283. The van der Waals surface area contributed by atoms with Crippen molar-refractivity contribution in [2.24, 2.45) is 0 Å². The monoisotopic (exact) mass is 292 g/mol. The van der Waals surface area contributed by atoms with E-state index in [1.54, 1.807) is 6.07 Å². The molecule has 0 spiro atoms. The second-order valence-corrected chi connectivity index (χ2v) is 5.31. The first-order valence-corrected chi connectivity index (χ1v) is 6.89. The highest BCUT2D eigenvalue weighted by atomic mass is 35.5. The standard InChI is InChI=1S/C16H14ClFO2/c17-14-8-11(18)5-4-10(14)9-20-16-3-1-2-12-13(16)6-7-15(12)19/h1-5,8,15,19H,6-7,9H2. The highest BCUT2D eigenvalue weighted by Crippen LogP contribution is 2.37. The quantitative estimate of drug-likeness (QED) is 0.925. The molecule has 0 heterocycles. The van der Waals surface area contributed by atoms with E-state index in [1.165, 1.54) is 12.1 Å². The van der Waals surface area contributed by atoms with Gasteiger partial charge in [0.05, 0.1) is 11.1 Å². The van der Waals surface area contributed by atoms with Crippen LogP contribution >= 0.6 is 11.6 Å². The van der Waals surface area contributed by atoms with Crippen LogP contribution in [0.15, 0.2) is 36.4 Å². The van der Waals surface area contributed by atoms with E-state index in [0.29, 0.717) is 5.02 Å². The van der Waals surface area contributed by atoms with Crippen LogP contribution < -0.4 is 4.74 Å². The number of aliphatic hydroxyl groups excluding tert-OH is 1. The summed E-state index contributed by atoms with van der Waals surface area (Å²) in [6.07, 6.45) is 1.14. The van der Waals surface area contributed by atoms with Gasteiger partial charge in [-0.3, -0.25) is 0 Å². The predicted molar refractivity (Wildman–Crippen MR) is 75.5 cm³/mol. The molecule has 0 bridgehead atoms. The topological polar surface area (TPSA) is 29.5 Å². The second kappa shape index (κ2) is 5.43. The van der Waals surface area contributed by atoms with E-state index in [0.717, 1.165) is 35.3 Å². The molecule has 1 atom stereocenters. The van der Waals surface area contributed by atoms with Crippen LogP contribution in [0.5, 0.6) is 5.75 Å². The summed E-state index contributed by atoms with van der Waals surface area (Å²) in [5.74, 6) is 0.405. The summed E-state index contributed by atoms with van der Waals surface area (Å²) in [5.41, 5.74) is 2.73. The average molecular weight is 293 g/mol. The smallest absolute Gasteiger partial charge is 0.124 e. The number of rotatable bonds is 3. The molecule has 2 nitrogen and oxygen atoms in total. The summed E-state index contributed by atoms with van der Waals surface area (Å²) >= 11 is 5.98. The van der Waals surface area contributed by atoms with E-state index in [4.69, 9.17) is 16.3 Å². The molecule has 0 saturated carbocycles. The lowest BCUT2D eigenvalue weighted by Gasteiger charge is -2.12. The van der Waals surface area contributed by atoms with Gasteiger partial charge in [-0.15, -0.1) is 0 Å². The summed E-state index contributed by atoms with van der Waals surface area (Å²) in [6, 6.07) is 9.94. The molecule has 20 heavy (non-hydrogen) atoms. The number of hydrogen-bond donors (Lipinski definition) is 1. The minimum atomic E-state index is -0.400. The zero-order valence-corrected chi connectivity index (χ0v) is 11.5. The van der Waals surface area contributed by atoms with Crippen molar-refractivity contribution in [3.05, 3.63) is 63.9 Å². The molecule has 1 N–H and O–H groups in total. The van der Waals surface area contributed by atoms with Crippen LogP contribution in [0.3, 0.4) is 0 Å². The Kier molecular flexibility index (Phi) is 3.64. The maximum absolute atomic E-state index is 13.0. The van der Waals surface area contributed by atoms with Gasteiger partial charge >= 0.3 is 0 Å². The summed E-state index contributed by atoms with van der Waals surface area (Å²) < 4.78 is 18.8. The first-order chi connectivity index (χ1) is 9.65. The third-order valence-electron chi connectivity index (χ3n) is 3.59. The van der Waals surface area contributed by atoms with Crippen molar-refractivity contribution in [3.63, 3.8) is 0 Å². The Labute approximate surface area is 121 Å². The molecular formula is C16H14ClFO2.